The van der Waals surface area contributed by atoms with Crippen molar-refractivity contribution < 1.29 is 19.2 Å². The van der Waals surface area contributed by atoms with Crippen LogP contribution in [0.2, 0.25) is 0 Å². The highest BCUT2D eigenvalue weighted by atomic mass is 16.6. The van der Waals surface area contributed by atoms with E-state index in [4.69, 9.17) is 9.47 Å². The van der Waals surface area contributed by atoms with E-state index in [1.165, 1.54) is 19.2 Å². The third-order valence-corrected chi connectivity index (χ3v) is 5.39. The number of hydrogen-bond donors (Lipinski definition) is 1. The maximum Gasteiger partial charge on any atom is 0.296 e. The molecular formula is C22H27N3O5. The second-order valence-corrected chi connectivity index (χ2v) is 7.30. The zero-order valence-electron chi connectivity index (χ0n) is 17.3. The van der Waals surface area contributed by atoms with Crippen LogP contribution in [0.15, 0.2) is 42.5 Å². The molecule has 0 spiro atoms. The number of carbonyl (C=O) groups is 1. The number of nitrogens with zero attached hydrogens (tertiary/aromatic N) is 2. The Morgan fingerprint density at radius 2 is 1.80 bits per heavy atom. The van der Waals surface area contributed by atoms with Crippen molar-refractivity contribution in [3.8, 4) is 11.5 Å². The molecular weight excluding hydrogens is 386 g/mol. The Bertz CT molecular complexity index is 885. The molecule has 1 fully saturated rings. The van der Waals surface area contributed by atoms with Gasteiger partial charge in [-0.25, -0.2) is 0 Å². The highest BCUT2D eigenvalue weighted by Crippen LogP contribution is 2.32. The molecule has 8 nitrogen and oxygen atoms in total. The van der Waals surface area contributed by atoms with E-state index in [0.717, 1.165) is 43.5 Å². The van der Waals surface area contributed by atoms with E-state index in [1.807, 2.05) is 24.3 Å². The number of amides is 1. The number of carbonyl (C=O) groups excluding carboxylic acids is 1. The number of nitrogens with one attached hydrogen (secondary N) is 1. The van der Waals surface area contributed by atoms with Crippen LogP contribution in [0.3, 0.4) is 0 Å². The van der Waals surface area contributed by atoms with Crippen molar-refractivity contribution in [2.45, 2.75) is 31.7 Å². The molecule has 30 heavy (non-hydrogen) atoms. The Morgan fingerprint density at radius 3 is 2.47 bits per heavy atom. The first-order chi connectivity index (χ1) is 14.5. The normalized spacial score (nSPS) is 17.1. The van der Waals surface area contributed by atoms with Gasteiger partial charge in [-0.1, -0.05) is 25.0 Å². The topological polar surface area (TPSA) is 93.9 Å². The second kappa shape index (κ2) is 10.1. The molecule has 160 valence electrons. The molecule has 1 amide bonds. The monoisotopic (exact) mass is 413 g/mol. The highest BCUT2D eigenvalue weighted by molar-refractivity contribution is 5.94. The van der Waals surface area contributed by atoms with E-state index >= 15 is 0 Å². The summed E-state index contributed by atoms with van der Waals surface area (Å²) in [4.78, 5) is 25.8. The molecule has 1 N–H and O–H groups in total. The summed E-state index contributed by atoms with van der Waals surface area (Å²) in [7, 11) is 3.08. The van der Waals surface area contributed by atoms with Crippen molar-refractivity contribution >= 4 is 17.3 Å². The summed E-state index contributed by atoms with van der Waals surface area (Å²) in [6.07, 6.45) is 4.19. The SMILES string of the molecule is COc1ccc(C2CCCCCN2CC(=O)Nc2ccc(OC)cc2[N+](=O)[O-])cc1. The number of hydrogen-bond acceptors (Lipinski definition) is 6. The Labute approximate surface area is 175 Å². The van der Waals surface area contributed by atoms with Gasteiger partial charge in [0.1, 0.15) is 17.2 Å². The number of benzene rings is 2. The van der Waals surface area contributed by atoms with Gasteiger partial charge in [0.2, 0.25) is 5.91 Å². The molecule has 3 rings (SSSR count). The molecule has 1 heterocycles. The lowest BCUT2D eigenvalue weighted by Crippen LogP contribution is -2.36. The van der Waals surface area contributed by atoms with E-state index in [1.54, 1.807) is 13.2 Å². The minimum absolute atomic E-state index is 0.120. The van der Waals surface area contributed by atoms with Gasteiger partial charge in [0, 0.05) is 6.04 Å². The van der Waals surface area contributed by atoms with E-state index in [2.05, 4.69) is 10.2 Å². The van der Waals surface area contributed by atoms with Gasteiger partial charge in [0.05, 0.1) is 31.8 Å². The van der Waals surface area contributed by atoms with Crippen LogP contribution < -0.4 is 14.8 Å². The third kappa shape index (κ3) is 5.27. The summed E-state index contributed by atoms with van der Waals surface area (Å²) in [5.41, 5.74) is 1.12. The number of nitro groups is 1. The Balaban J connectivity index is 1.75. The molecule has 2 aromatic rings. The smallest absolute Gasteiger partial charge is 0.296 e. The fraction of sp³-hybridized carbons (Fsp3) is 0.409. The predicted molar refractivity (Wildman–Crippen MR) is 114 cm³/mol. The zero-order valence-corrected chi connectivity index (χ0v) is 17.3. The second-order valence-electron chi connectivity index (χ2n) is 7.30. The Hall–Kier alpha value is -3.13. The van der Waals surface area contributed by atoms with Crippen LogP contribution in [0.25, 0.3) is 0 Å². The summed E-state index contributed by atoms with van der Waals surface area (Å²) in [6, 6.07) is 12.4. The van der Waals surface area contributed by atoms with E-state index in [9.17, 15) is 14.9 Å². The number of ether oxygens (including phenoxy) is 2. The standard InChI is InChI=1S/C22H27N3O5/c1-29-17-9-7-16(8-10-17)20-6-4-3-5-13-24(20)15-22(26)23-19-12-11-18(30-2)14-21(19)25(27)28/h7-12,14,20H,3-6,13,15H2,1-2H3,(H,23,26). The quantitative estimate of drug-likeness (QED) is 0.541. The van der Waals surface area contributed by atoms with Gasteiger partial charge in [0.15, 0.2) is 0 Å². The van der Waals surface area contributed by atoms with Gasteiger partial charge >= 0.3 is 0 Å². The van der Waals surface area contributed by atoms with Crippen molar-refractivity contribution in [3.63, 3.8) is 0 Å². The van der Waals surface area contributed by atoms with Crippen LogP contribution in [-0.2, 0) is 4.79 Å². The maximum absolute atomic E-state index is 12.8. The van der Waals surface area contributed by atoms with E-state index in [0.29, 0.717) is 5.75 Å². The van der Waals surface area contributed by atoms with Crippen LogP contribution in [0.4, 0.5) is 11.4 Å². The van der Waals surface area contributed by atoms with Crippen LogP contribution in [0.1, 0.15) is 37.3 Å². The molecule has 1 aliphatic heterocycles. The van der Waals surface area contributed by atoms with Crippen LogP contribution in [-0.4, -0.2) is 43.0 Å². The van der Waals surface area contributed by atoms with Gasteiger partial charge in [0.25, 0.3) is 5.69 Å². The molecule has 2 aromatic carbocycles. The molecule has 1 atom stereocenters. The summed E-state index contributed by atoms with van der Waals surface area (Å²) in [6.45, 7) is 0.967. The van der Waals surface area contributed by atoms with Gasteiger partial charge in [-0.05, 0) is 49.2 Å². The molecule has 0 saturated carbocycles. The summed E-state index contributed by atoms with van der Waals surface area (Å²) in [5.74, 6) is 0.888. The molecule has 1 aliphatic rings. The van der Waals surface area contributed by atoms with E-state index < -0.39 is 4.92 Å². The van der Waals surface area contributed by atoms with Crippen molar-refractivity contribution in [3.05, 3.63) is 58.1 Å². The number of methoxy groups -OCH3 is 2. The fourth-order valence-corrected chi connectivity index (χ4v) is 3.83. The Morgan fingerprint density at radius 1 is 1.10 bits per heavy atom. The number of nitro benzene ring substituents is 1. The molecule has 1 unspecified atom stereocenters. The Kier molecular flexibility index (Phi) is 7.24. The van der Waals surface area contributed by atoms with E-state index in [-0.39, 0.29) is 29.9 Å². The molecule has 0 aromatic heterocycles. The lowest BCUT2D eigenvalue weighted by Gasteiger charge is -2.29. The van der Waals surface area contributed by atoms with Crippen molar-refractivity contribution in [1.29, 1.82) is 0 Å². The third-order valence-electron chi connectivity index (χ3n) is 5.39. The lowest BCUT2D eigenvalue weighted by molar-refractivity contribution is -0.384. The highest BCUT2D eigenvalue weighted by Gasteiger charge is 2.25. The summed E-state index contributed by atoms with van der Waals surface area (Å²) in [5, 5.41) is 14.1. The van der Waals surface area contributed by atoms with Crippen molar-refractivity contribution in [2.75, 3.05) is 32.6 Å². The average Bonchev–Trinajstić information content (AvgIpc) is 2.99. The number of anilines is 1. The zero-order chi connectivity index (χ0) is 21.5. The average molecular weight is 413 g/mol. The molecule has 0 aliphatic carbocycles. The first-order valence-corrected chi connectivity index (χ1v) is 10.0. The van der Waals surface area contributed by atoms with Crippen LogP contribution >= 0.6 is 0 Å². The fourth-order valence-electron chi connectivity index (χ4n) is 3.83. The van der Waals surface area contributed by atoms with Crippen molar-refractivity contribution in [2.24, 2.45) is 0 Å². The summed E-state index contributed by atoms with van der Waals surface area (Å²) >= 11 is 0. The van der Waals surface area contributed by atoms with Gasteiger partial charge in [-0.3, -0.25) is 19.8 Å². The van der Waals surface area contributed by atoms with Crippen LogP contribution in [0.5, 0.6) is 11.5 Å². The molecule has 0 radical (unpaired) electrons. The number of rotatable bonds is 7. The first kappa shape index (κ1) is 21.6. The minimum Gasteiger partial charge on any atom is -0.497 e. The van der Waals surface area contributed by atoms with Crippen molar-refractivity contribution in [1.82, 2.24) is 4.90 Å². The van der Waals surface area contributed by atoms with Crippen LogP contribution in [0, 0.1) is 10.1 Å². The van der Waals surface area contributed by atoms with Gasteiger partial charge < -0.3 is 14.8 Å². The molecule has 8 heteroatoms. The van der Waals surface area contributed by atoms with Gasteiger partial charge in [-0.15, -0.1) is 0 Å². The molecule has 1 saturated heterocycles. The predicted octanol–water partition coefficient (Wildman–Crippen LogP) is 4.17. The summed E-state index contributed by atoms with van der Waals surface area (Å²) < 4.78 is 10.3. The number of likely N-dealkylation sites (tertiary alicyclic amines) is 1. The van der Waals surface area contributed by atoms with Gasteiger partial charge in [-0.2, -0.15) is 0 Å². The first-order valence-electron chi connectivity index (χ1n) is 10.0. The minimum atomic E-state index is -0.524. The molecule has 0 bridgehead atoms. The lowest BCUT2D eigenvalue weighted by atomic mass is 10.0. The maximum atomic E-state index is 12.8. The largest absolute Gasteiger partial charge is 0.497 e.